The number of nitrogens with two attached hydrogens (primary N) is 1. The maximum atomic E-state index is 13.3. The number of amides is 2. The molecule has 0 spiro atoms. The number of unbranched alkanes of at least 4 members (excludes halogenated alkanes) is 2. The van der Waals surface area contributed by atoms with Gasteiger partial charge in [-0.05, 0) is 82.0 Å². The van der Waals surface area contributed by atoms with Crippen LogP contribution < -0.4 is 16.2 Å². The molecule has 0 aliphatic carbocycles. The van der Waals surface area contributed by atoms with Gasteiger partial charge in [-0.25, -0.2) is 0 Å². The second kappa shape index (κ2) is 12.8. The number of morpholine rings is 1. The topological polar surface area (TPSA) is 117 Å². The Morgan fingerprint density at radius 2 is 1.70 bits per heavy atom. The minimum absolute atomic E-state index is 0.0788. The van der Waals surface area contributed by atoms with Crippen LogP contribution in [0.4, 0.5) is 5.69 Å². The molecule has 3 aliphatic heterocycles. The van der Waals surface area contributed by atoms with Gasteiger partial charge in [0.25, 0.3) is 5.56 Å². The van der Waals surface area contributed by atoms with Crippen LogP contribution in [0.5, 0.6) is 0 Å². The summed E-state index contributed by atoms with van der Waals surface area (Å²) in [6.07, 6.45) is 7.44. The van der Waals surface area contributed by atoms with Gasteiger partial charge in [-0.2, -0.15) is 0 Å². The normalized spacial score (nSPS) is 20.1. The zero-order valence-corrected chi connectivity index (χ0v) is 24.2. The lowest BCUT2D eigenvalue weighted by Gasteiger charge is -2.48. The van der Waals surface area contributed by atoms with Crippen molar-refractivity contribution < 1.29 is 14.3 Å². The van der Waals surface area contributed by atoms with Crippen molar-refractivity contribution in [3.8, 4) is 0 Å². The molecule has 1 aromatic carbocycles. The number of piperidine rings is 2. The molecule has 2 amide bonds. The number of anilines is 1. The minimum atomic E-state index is -0.605. The van der Waals surface area contributed by atoms with Gasteiger partial charge >= 0.3 is 0 Å². The van der Waals surface area contributed by atoms with E-state index in [0.717, 1.165) is 69.5 Å². The molecule has 0 bridgehead atoms. The number of rotatable bonds is 9. The van der Waals surface area contributed by atoms with Gasteiger partial charge in [0.1, 0.15) is 5.54 Å². The summed E-state index contributed by atoms with van der Waals surface area (Å²) in [6, 6.07) is 5.89. The van der Waals surface area contributed by atoms with Crippen molar-refractivity contribution in [1.29, 1.82) is 0 Å². The second-order valence-corrected chi connectivity index (χ2v) is 11.7. The van der Waals surface area contributed by atoms with E-state index < -0.39 is 5.54 Å². The largest absolute Gasteiger partial charge is 0.378 e. The molecule has 3 N–H and O–H groups in total. The Morgan fingerprint density at radius 1 is 0.975 bits per heavy atom. The van der Waals surface area contributed by atoms with Crippen molar-refractivity contribution in [1.82, 2.24) is 19.4 Å². The molecule has 218 valence electrons. The van der Waals surface area contributed by atoms with E-state index >= 15 is 0 Å². The first-order valence-electron chi connectivity index (χ1n) is 14.8. The fourth-order valence-corrected chi connectivity index (χ4v) is 6.79. The summed E-state index contributed by atoms with van der Waals surface area (Å²) in [7, 11) is 0. The van der Waals surface area contributed by atoms with Crippen LogP contribution in [0.25, 0.3) is 10.9 Å². The highest BCUT2D eigenvalue weighted by atomic mass is 32.1. The summed E-state index contributed by atoms with van der Waals surface area (Å²) in [6.45, 7) is 6.48. The average Bonchev–Trinajstić information content (AvgIpc) is 2.99. The van der Waals surface area contributed by atoms with E-state index in [0.29, 0.717) is 62.3 Å². The number of hydrogen-bond acceptors (Lipinski definition) is 7. The molecule has 0 atom stereocenters. The van der Waals surface area contributed by atoms with Crippen LogP contribution in [0.1, 0.15) is 57.8 Å². The number of benzene rings is 1. The number of H-pyrrole nitrogens is 1. The molecule has 5 rings (SSSR count). The van der Waals surface area contributed by atoms with Gasteiger partial charge in [-0.15, -0.1) is 0 Å². The number of primary amides is 1. The van der Waals surface area contributed by atoms with Crippen molar-refractivity contribution in [3.05, 3.63) is 33.3 Å². The molecule has 3 saturated heterocycles. The van der Waals surface area contributed by atoms with Crippen LogP contribution in [-0.4, -0.2) is 89.2 Å². The van der Waals surface area contributed by atoms with Crippen molar-refractivity contribution in [3.63, 3.8) is 0 Å². The van der Waals surface area contributed by atoms with Crippen molar-refractivity contribution in [2.45, 2.75) is 69.9 Å². The standard InChI is InChI=1S/C29H42N6O4S/c30-27(38)29(34-12-4-2-5-13-34)10-15-33(16-11-29)25(36)7-3-1-6-14-35-26(37)23-21-22(32-17-19-39-20-18-32)8-9-24(23)31-28(35)40/h8-9,21H,1-7,10-20H2,(H2,30,38)(H,31,40). The third kappa shape index (κ3) is 6.11. The molecule has 1 aromatic heterocycles. The van der Waals surface area contributed by atoms with Crippen molar-refractivity contribution >= 4 is 40.6 Å². The van der Waals surface area contributed by atoms with Crippen LogP contribution >= 0.6 is 12.2 Å². The van der Waals surface area contributed by atoms with E-state index in [1.807, 2.05) is 23.1 Å². The molecule has 10 nitrogen and oxygen atoms in total. The van der Waals surface area contributed by atoms with E-state index in [-0.39, 0.29) is 17.4 Å². The minimum Gasteiger partial charge on any atom is -0.378 e. The van der Waals surface area contributed by atoms with Gasteiger partial charge in [0, 0.05) is 44.8 Å². The van der Waals surface area contributed by atoms with Crippen LogP contribution in [0.2, 0.25) is 0 Å². The molecule has 2 aromatic rings. The number of nitrogens with one attached hydrogen (secondary N) is 1. The predicted molar refractivity (Wildman–Crippen MR) is 158 cm³/mol. The molecular formula is C29H42N6O4S. The Morgan fingerprint density at radius 3 is 2.40 bits per heavy atom. The van der Waals surface area contributed by atoms with E-state index in [2.05, 4.69) is 14.8 Å². The van der Waals surface area contributed by atoms with Crippen LogP contribution in [0.3, 0.4) is 0 Å². The zero-order valence-electron chi connectivity index (χ0n) is 23.4. The Bertz CT molecular complexity index is 1320. The lowest BCUT2D eigenvalue weighted by molar-refractivity contribution is -0.142. The summed E-state index contributed by atoms with van der Waals surface area (Å²) >= 11 is 5.50. The SMILES string of the molecule is NC(=O)C1(N2CCCCC2)CCN(C(=O)CCCCCn2c(=S)[nH]c3ccc(N4CCOCC4)cc3c2=O)CC1. The first kappa shape index (κ1) is 28.8. The maximum absolute atomic E-state index is 13.3. The molecule has 4 heterocycles. The van der Waals surface area contributed by atoms with Crippen LogP contribution in [-0.2, 0) is 20.9 Å². The molecule has 3 fully saturated rings. The number of carbonyl (C=O) groups is 2. The third-order valence-corrected chi connectivity index (χ3v) is 9.30. The van der Waals surface area contributed by atoms with Gasteiger partial charge in [0.15, 0.2) is 4.77 Å². The summed E-state index contributed by atoms with van der Waals surface area (Å²) in [5.74, 6) is -0.117. The van der Waals surface area contributed by atoms with Gasteiger partial charge in [0.2, 0.25) is 11.8 Å². The summed E-state index contributed by atoms with van der Waals surface area (Å²) in [4.78, 5) is 48.3. The smallest absolute Gasteiger partial charge is 0.262 e. The van der Waals surface area contributed by atoms with E-state index in [4.69, 9.17) is 22.7 Å². The predicted octanol–water partition coefficient (Wildman–Crippen LogP) is 2.79. The highest BCUT2D eigenvalue weighted by molar-refractivity contribution is 7.71. The Labute approximate surface area is 240 Å². The quantitative estimate of drug-likeness (QED) is 0.352. The van der Waals surface area contributed by atoms with Crippen LogP contribution in [0, 0.1) is 4.77 Å². The Balaban J connectivity index is 1.11. The Kier molecular flexibility index (Phi) is 9.22. The second-order valence-electron chi connectivity index (χ2n) is 11.4. The monoisotopic (exact) mass is 570 g/mol. The van der Waals surface area contributed by atoms with Gasteiger partial charge in [0.05, 0.1) is 24.1 Å². The van der Waals surface area contributed by atoms with Gasteiger partial charge in [-0.1, -0.05) is 12.8 Å². The molecule has 11 heteroatoms. The summed E-state index contributed by atoms with van der Waals surface area (Å²) in [5, 5.41) is 0.634. The Hall–Kier alpha value is -2.76. The lowest BCUT2D eigenvalue weighted by atomic mass is 9.83. The highest BCUT2D eigenvalue weighted by Gasteiger charge is 2.45. The third-order valence-electron chi connectivity index (χ3n) is 8.98. The van der Waals surface area contributed by atoms with Crippen molar-refractivity contribution in [2.24, 2.45) is 5.73 Å². The number of fused-ring (bicyclic) bond motifs is 1. The number of likely N-dealkylation sites (tertiary alicyclic amines) is 2. The lowest BCUT2D eigenvalue weighted by Crippen LogP contribution is -2.63. The van der Waals surface area contributed by atoms with Gasteiger partial charge < -0.3 is 25.3 Å². The van der Waals surface area contributed by atoms with E-state index in [9.17, 15) is 14.4 Å². The number of hydrogen-bond donors (Lipinski definition) is 2. The fraction of sp³-hybridized carbons (Fsp3) is 0.655. The van der Waals surface area contributed by atoms with Crippen molar-refractivity contribution in [2.75, 3.05) is 57.4 Å². The van der Waals surface area contributed by atoms with E-state index in [1.54, 1.807) is 4.57 Å². The maximum Gasteiger partial charge on any atom is 0.262 e. The molecule has 0 unspecified atom stereocenters. The number of nitrogens with zero attached hydrogens (tertiary/aromatic N) is 4. The molecule has 3 aliphatic rings. The average molecular weight is 571 g/mol. The highest BCUT2D eigenvalue weighted by Crippen LogP contribution is 2.32. The van der Waals surface area contributed by atoms with Crippen LogP contribution in [0.15, 0.2) is 23.0 Å². The fourth-order valence-electron chi connectivity index (χ4n) is 6.51. The number of ether oxygens (including phenoxy) is 1. The molecular weight excluding hydrogens is 528 g/mol. The summed E-state index contributed by atoms with van der Waals surface area (Å²) < 4.78 is 7.51. The number of aromatic amines is 1. The zero-order chi connectivity index (χ0) is 28.1. The molecule has 0 radical (unpaired) electrons. The first-order valence-corrected chi connectivity index (χ1v) is 15.2. The van der Waals surface area contributed by atoms with Gasteiger partial charge in [-0.3, -0.25) is 23.9 Å². The number of carbonyl (C=O) groups excluding carboxylic acids is 2. The molecule has 0 saturated carbocycles. The van der Waals surface area contributed by atoms with E-state index in [1.165, 1.54) is 6.42 Å². The molecule has 40 heavy (non-hydrogen) atoms. The summed E-state index contributed by atoms with van der Waals surface area (Å²) in [5.41, 5.74) is 6.97. The first-order chi connectivity index (χ1) is 19.4. The number of aromatic nitrogens is 2.